The molecule has 0 radical (unpaired) electrons. The average molecular weight is 420 g/mol. The van der Waals surface area contributed by atoms with Crippen molar-refractivity contribution in [3.8, 4) is 17.2 Å². The summed E-state index contributed by atoms with van der Waals surface area (Å²) in [4.78, 5) is 37.5. The van der Waals surface area contributed by atoms with Crippen LogP contribution in [0.25, 0.3) is 11.1 Å². The van der Waals surface area contributed by atoms with Gasteiger partial charge >= 0.3 is 6.09 Å². The van der Waals surface area contributed by atoms with Crippen LogP contribution in [0.3, 0.4) is 0 Å². The minimum Gasteiger partial charge on any atom is -0.445 e. The Hall–Kier alpha value is -3.86. The molecule has 3 N–H and O–H groups in total. The first-order valence-electron chi connectivity index (χ1n) is 10.0. The number of nitrogens with two attached hydrogens (primary N) is 1. The van der Waals surface area contributed by atoms with Crippen LogP contribution in [0.4, 0.5) is 4.79 Å². The second-order valence-corrected chi connectivity index (χ2v) is 7.33. The molecule has 1 aliphatic rings. The minimum absolute atomic E-state index is 0.0762. The standard InChI is InChI=1S/C23H24N4O4/c24-14-19(13-21(25)28)26-22(29)20-10-5-11-27(20)23(30)31-15-16-6-4-9-18(12-16)17-7-2-1-3-8-17/h1-4,6-9,12,19-20H,5,10-11,13,15H2,(H2,25,28)(H,26,29)/t19-,20-/m0/s1. The first-order chi connectivity index (χ1) is 15.0. The van der Waals surface area contributed by atoms with Gasteiger partial charge in [-0.15, -0.1) is 0 Å². The molecule has 31 heavy (non-hydrogen) atoms. The topological polar surface area (TPSA) is 126 Å². The Morgan fingerprint density at radius 1 is 1.16 bits per heavy atom. The summed E-state index contributed by atoms with van der Waals surface area (Å²) in [5, 5.41) is 11.6. The molecule has 2 atom stereocenters. The van der Waals surface area contributed by atoms with E-state index in [4.69, 9.17) is 15.7 Å². The van der Waals surface area contributed by atoms with Crippen molar-refractivity contribution in [1.29, 1.82) is 5.26 Å². The van der Waals surface area contributed by atoms with Crippen LogP contribution in [0.15, 0.2) is 54.6 Å². The number of carbonyl (C=O) groups is 3. The molecule has 2 aromatic rings. The van der Waals surface area contributed by atoms with Gasteiger partial charge < -0.3 is 15.8 Å². The number of nitrogens with zero attached hydrogens (tertiary/aromatic N) is 2. The number of carbonyl (C=O) groups excluding carboxylic acids is 3. The number of amides is 3. The number of benzene rings is 2. The Labute approximate surface area is 180 Å². The number of primary amides is 1. The van der Waals surface area contributed by atoms with Crippen molar-refractivity contribution in [3.63, 3.8) is 0 Å². The fourth-order valence-corrected chi connectivity index (χ4v) is 3.56. The molecule has 2 aromatic carbocycles. The fraction of sp³-hybridized carbons (Fsp3) is 0.304. The normalized spacial score (nSPS) is 16.2. The van der Waals surface area contributed by atoms with Gasteiger partial charge in [0.25, 0.3) is 0 Å². The number of hydrogen-bond acceptors (Lipinski definition) is 5. The van der Waals surface area contributed by atoms with E-state index >= 15 is 0 Å². The molecular formula is C23H24N4O4. The van der Waals surface area contributed by atoms with E-state index in [2.05, 4.69) is 5.32 Å². The molecule has 0 unspecified atom stereocenters. The Morgan fingerprint density at radius 2 is 1.90 bits per heavy atom. The maximum atomic E-state index is 12.6. The third-order valence-electron chi connectivity index (χ3n) is 5.06. The van der Waals surface area contributed by atoms with Gasteiger partial charge in [0.15, 0.2) is 0 Å². The summed E-state index contributed by atoms with van der Waals surface area (Å²) < 4.78 is 5.45. The van der Waals surface area contributed by atoms with Crippen molar-refractivity contribution in [2.75, 3.05) is 6.54 Å². The van der Waals surface area contributed by atoms with E-state index < -0.39 is 30.0 Å². The number of rotatable bonds is 7. The van der Waals surface area contributed by atoms with Gasteiger partial charge in [-0.3, -0.25) is 14.5 Å². The van der Waals surface area contributed by atoms with Crippen molar-refractivity contribution >= 4 is 17.9 Å². The van der Waals surface area contributed by atoms with Crippen LogP contribution in [-0.4, -0.2) is 41.4 Å². The predicted molar refractivity (Wildman–Crippen MR) is 113 cm³/mol. The molecule has 0 spiro atoms. The molecule has 1 heterocycles. The van der Waals surface area contributed by atoms with Crippen LogP contribution in [0.5, 0.6) is 0 Å². The van der Waals surface area contributed by atoms with Crippen LogP contribution in [0.1, 0.15) is 24.8 Å². The molecule has 8 nitrogen and oxygen atoms in total. The Morgan fingerprint density at radius 3 is 2.61 bits per heavy atom. The van der Waals surface area contributed by atoms with Crippen molar-refractivity contribution in [2.45, 2.75) is 38.0 Å². The van der Waals surface area contributed by atoms with E-state index in [1.807, 2.05) is 60.7 Å². The van der Waals surface area contributed by atoms with Crippen molar-refractivity contribution in [3.05, 3.63) is 60.2 Å². The quantitative estimate of drug-likeness (QED) is 0.711. The number of nitrogens with one attached hydrogen (secondary N) is 1. The molecule has 0 aliphatic carbocycles. The van der Waals surface area contributed by atoms with E-state index in [-0.39, 0.29) is 13.0 Å². The lowest BCUT2D eigenvalue weighted by Crippen LogP contribution is -2.49. The maximum Gasteiger partial charge on any atom is 0.410 e. The molecule has 8 heteroatoms. The van der Waals surface area contributed by atoms with Crippen LogP contribution >= 0.6 is 0 Å². The summed E-state index contributed by atoms with van der Waals surface area (Å²) >= 11 is 0. The zero-order valence-electron chi connectivity index (χ0n) is 17.0. The molecule has 1 fully saturated rings. The van der Waals surface area contributed by atoms with Crippen molar-refractivity contribution in [1.82, 2.24) is 10.2 Å². The SMILES string of the molecule is N#C[C@H](CC(N)=O)NC(=O)[C@@H]1CCCN1C(=O)OCc1cccc(-c2ccccc2)c1. The Balaban J connectivity index is 1.59. The number of ether oxygens (including phenoxy) is 1. The summed E-state index contributed by atoms with van der Waals surface area (Å²) in [5.74, 6) is -1.18. The minimum atomic E-state index is -1.02. The smallest absolute Gasteiger partial charge is 0.410 e. The van der Waals surface area contributed by atoms with Gasteiger partial charge in [0.1, 0.15) is 18.7 Å². The highest BCUT2D eigenvalue weighted by Gasteiger charge is 2.36. The van der Waals surface area contributed by atoms with Gasteiger partial charge in [-0.25, -0.2) is 4.79 Å². The molecule has 0 bridgehead atoms. The first kappa shape index (κ1) is 21.8. The van der Waals surface area contributed by atoms with Crippen molar-refractivity contribution < 1.29 is 19.1 Å². The van der Waals surface area contributed by atoms with Crippen LogP contribution in [-0.2, 0) is 20.9 Å². The van der Waals surface area contributed by atoms with Gasteiger partial charge in [0, 0.05) is 6.54 Å². The predicted octanol–water partition coefficient (Wildman–Crippen LogP) is 2.34. The maximum absolute atomic E-state index is 12.6. The van der Waals surface area contributed by atoms with E-state index in [1.165, 1.54) is 4.90 Å². The lowest BCUT2D eigenvalue weighted by molar-refractivity contribution is -0.125. The second kappa shape index (κ2) is 10.3. The summed E-state index contributed by atoms with van der Waals surface area (Å²) in [6, 6.07) is 17.7. The van der Waals surface area contributed by atoms with E-state index in [1.54, 1.807) is 0 Å². The summed E-state index contributed by atoms with van der Waals surface area (Å²) in [7, 11) is 0. The molecular weight excluding hydrogens is 396 g/mol. The van der Waals surface area contributed by atoms with E-state index in [0.29, 0.717) is 19.4 Å². The van der Waals surface area contributed by atoms with Crippen LogP contribution in [0, 0.1) is 11.3 Å². The van der Waals surface area contributed by atoms with Crippen molar-refractivity contribution in [2.24, 2.45) is 5.73 Å². The van der Waals surface area contributed by atoms with E-state index in [9.17, 15) is 14.4 Å². The van der Waals surface area contributed by atoms with Gasteiger partial charge in [0.2, 0.25) is 11.8 Å². The molecule has 3 amide bonds. The highest BCUT2D eigenvalue weighted by atomic mass is 16.6. The highest BCUT2D eigenvalue weighted by molar-refractivity contribution is 5.87. The number of likely N-dealkylation sites (tertiary alicyclic amines) is 1. The van der Waals surface area contributed by atoms with Crippen LogP contribution < -0.4 is 11.1 Å². The lowest BCUT2D eigenvalue weighted by Gasteiger charge is -2.24. The summed E-state index contributed by atoms with van der Waals surface area (Å²) in [5.41, 5.74) is 8.01. The first-order valence-corrected chi connectivity index (χ1v) is 10.0. The lowest BCUT2D eigenvalue weighted by atomic mass is 10.0. The van der Waals surface area contributed by atoms with Gasteiger partial charge in [0.05, 0.1) is 12.5 Å². The number of hydrogen-bond donors (Lipinski definition) is 2. The van der Waals surface area contributed by atoms with Crippen LogP contribution in [0.2, 0.25) is 0 Å². The van der Waals surface area contributed by atoms with Gasteiger partial charge in [-0.2, -0.15) is 5.26 Å². The largest absolute Gasteiger partial charge is 0.445 e. The molecule has 1 saturated heterocycles. The Kier molecular flexibility index (Phi) is 7.22. The zero-order chi connectivity index (χ0) is 22.2. The van der Waals surface area contributed by atoms with Gasteiger partial charge in [-0.05, 0) is 35.6 Å². The van der Waals surface area contributed by atoms with Gasteiger partial charge in [-0.1, -0.05) is 48.5 Å². The molecule has 0 aromatic heterocycles. The second-order valence-electron chi connectivity index (χ2n) is 7.33. The molecule has 3 rings (SSSR count). The third-order valence-corrected chi connectivity index (χ3v) is 5.06. The van der Waals surface area contributed by atoms with E-state index in [0.717, 1.165) is 16.7 Å². The fourth-order valence-electron chi connectivity index (χ4n) is 3.56. The summed E-state index contributed by atoms with van der Waals surface area (Å²) in [6.07, 6.45) is 0.228. The zero-order valence-corrected chi connectivity index (χ0v) is 17.0. The molecule has 0 saturated carbocycles. The summed E-state index contributed by atoms with van der Waals surface area (Å²) in [6.45, 7) is 0.459. The monoisotopic (exact) mass is 420 g/mol. The highest BCUT2D eigenvalue weighted by Crippen LogP contribution is 2.22. The molecule has 1 aliphatic heterocycles. The Bertz CT molecular complexity index is 987. The molecule has 160 valence electrons. The average Bonchev–Trinajstić information content (AvgIpc) is 3.28. The third kappa shape index (κ3) is 5.82. The number of nitriles is 1.